The predicted octanol–water partition coefficient (Wildman–Crippen LogP) is 4.09. The fraction of sp³-hybridized carbons (Fsp3) is 0.318. The lowest BCUT2D eigenvalue weighted by Gasteiger charge is -2.19. The van der Waals surface area contributed by atoms with Gasteiger partial charge in [0.2, 0.25) is 11.8 Å². The van der Waals surface area contributed by atoms with Gasteiger partial charge in [0.05, 0.1) is 23.1 Å². The summed E-state index contributed by atoms with van der Waals surface area (Å²) in [6.07, 6.45) is 3.06. The number of ether oxygens (including phenoxy) is 1. The van der Waals surface area contributed by atoms with Gasteiger partial charge in [-0.05, 0) is 73.6 Å². The van der Waals surface area contributed by atoms with Gasteiger partial charge >= 0.3 is 5.97 Å². The lowest BCUT2D eigenvalue weighted by molar-refractivity contribution is -0.123. The summed E-state index contributed by atoms with van der Waals surface area (Å²) < 4.78 is 5.36. The number of benzene rings is 2. The Morgan fingerprint density at radius 3 is 2.25 bits per heavy atom. The number of imide groups is 1. The number of halogens is 1. The Morgan fingerprint density at radius 1 is 0.964 bits per heavy atom. The van der Waals surface area contributed by atoms with Crippen LogP contribution in [0.2, 0.25) is 5.02 Å². The van der Waals surface area contributed by atoms with E-state index in [-0.39, 0.29) is 29.2 Å². The monoisotopic (exact) mass is 395 g/mol. The van der Waals surface area contributed by atoms with Crippen LogP contribution in [-0.2, 0) is 9.59 Å². The lowest BCUT2D eigenvalue weighted by Crippen LogP contribution is -2.32. The van der Waals surface area contributed by atoms with Crippen LogP contribution in [0.4, 0.5) is 5.69 Å². The summed E-state index contributed by atoms with van der Waals surface area (Å²) in [7, 11) is 0. The average Bonchev–Trinajstić information content (AvgIpc) is 3.37. The van der Waals surface area contributed by atoms with Crippen LogP contribution in [0.15, 0.2) is 48.5 Å². The van der Waals surface area contributed by atoms with E-state index in [0.717, 1.165) is 19.3 Å². The molecular formula is C22H18ClNO4. The van der Waals surface area contributed by atoms with Crippen LogP contribution in [0.3, 0.4) is 0 Å². The van der Waals surface area contributed by atoms with Crippen molar-refractivity contribution in [1.29, 1.82) is 0 Å². The number of nitrogens with zero attached hydrogens (tertiary/aromatic N) is 1. The Balaban J connectivity index is 1.40. The van der Waals surface area contributed by atoms with E-state index >= 15 is 0 Å². The Kier molecular flexibility index (Phi) is 4.02. The Bertz CT molecular complexity index is 958. The molecule has 2 aliphatic carbocycles. The number of rotatable bonds is 3. The third kappa shape index (κ3) is 2.65. The first-order valence-electron chi connectivity index (χ1n) is 9.48. The number of esters is 1. The molecule has 3 aliphatic rings. The van der Waals surface area contributed by atoms with Crippen molar-refractivity contribution in [1.82, 2.24) is 0 Å². The van der Waals surface area contributed by atoms with E-state index in [1.807, 2.05) is 0 Å². The number of amides is 2. The fourth-order valence-corrected chi connectivity index (χ4v) is 5.23. The molecule has 1 aliphatic heterocycles. The molecule has 142 valence electrons. The molecule has 2 amide bonds. The average molecular weight is 396 g/mol. The first kappa shape index (κ1) is 17.4. The third-order valence-electron chi connectivity index (χ3n) is 6.29. The molecule has 0 aromatic heterocycles. The van der Waals surface area contributed by atoms with Crippen LogP contribution in [0.25, 0.3) is 0 Å². The minimum Gasteiger partial charge on any atom is -0.423 e. The maximum Gasteiger partial charge on any atom is 0.343 e. The van der Waals surface area contributed by atoms with Crippen molar-refractivity contribution in [3.8, 4) is 5.75 Å². The molecular weight excluding hydrogens is 378 g/mol. The first-order valence-corrected chi connectivity index (χ1v) is 9.86. The van der Waals surface area contributed by atoms with Gasteiger partial charge in [-0.15, -0.1) is 0 Å². The molecule has 0 radical (unpaired) electrons. The van der Waals surface area contributed by atoms with Crippen LogP contribution in [0, 0.1) is 23.7 Å². The zero-order valence-electron chi connectivity index (χ0n) is 15.0. The Hall–Kier alpha value is -2.66. The standard InChI is InChI=1S/C22H18ClNO4/c23-15-6-8-17(9-7-15)28-22(27)14-2-1-3-16(11-14)24-20(25)18-12-4-5-13(10-12)19(18)21(24)26/h1-3,6-9,11-13,18-19H,4-5,10H2/t12-,13-,18-,19+/m0/s1. The summed E-state index contributed by atoms with van der Waals surface area (Å²) in [6, 6.07) is 13.0. The second kappa shape index (κ2) is 6.45. The van der Waals surface area contributed by atoms with Gasteiger partial charge in [-0.2, -0.15) is 0 Å². The van der Waals surface area contributed by atoms with Gasteiger partial charge in [0.1, 0.15) is 5.75 Å². The SMILES string of the molecule is O=C(Oc1ccc(Cl)cc1)c1cccc(N2C(=O)[C@@H]3[C@H]4CC[C@@H](C4)[C@@H]3C2=O)c1. The van der Waals surface area contributed by atoms with E-state index < -0.39 is 5.97 Å². The highest BCUT2D eigenvalue weighted by Gasteiger charge is 2.61. The third-order valence-corrected chi connectivity index (χ3v) is 6.54. The number of carbonyl (C=O) groups excluding carboxylic acids is 3. The highest BCUT2D eigenvalue weighted by molar-refractivity contribution is 6.30. The topological polar surface area (TPSA) is 63.7 Å². The molecule has 28 heavy (non-hydrogen) atoms. The fourth-order valence-electron chi connectivity index (χ4n) is 5.10. The molecule has 2 saturated carbocycles. The zero-order chi connectivity index (χ0) is 19.4. The van der Waals surface area contributed by atoms with Crippen molar-refractivity contribution < 1.29 is 19.1 Å². The minimum atomic E-state index is -0.552. The molecule has 2 bridgehead atoms. The highest BCUT2D eigenvalue weighted by Crippen LogP contribution is 2.56. The highest BCUT2D eigenvalue weighted by atomic mass is 35.5. The van der Waals surface area contributed by atoms with Crippen LogP contribution in [-0.4, -0.2) is 17.8 Å². The van der Waals surface area contributed by atoms with Gasteiger partial charge in [-0.3, -0.25) is 14.5 Å². The van der Waals surface area contributed by atoms with E-state index in [2.05, 4.69) is 0 Å². The predicted molar refractivity (Wildman–Crippen MR) is 103 cm³/mol. The van der Waals surface area contributed by atoms with Crippen molar-refractivity contribution >= 4 is 35.1 Å². The molecule has 6 heteroatoms. The van der Waals surface area contributed by atoms with E-state index in [9.17, 15) is 14.4 Å². The summed E-state index contributed by atoms with van der Waals surface area (Å²) in [6.45, 7) is 0. The first-order chi connectivity index (χ1) is 13.5. The van der Waals surface area contributed by atoms with Crippen molar-refractivity contribution in [3.63, 3.8) is 0 Å². The molecule has 2 aromatic carbocycles. The largest absolute Gasteiger partial charge is 0.423 e. The van der Waals surface area contributed by atoms with Gasteiger partial charge in [-0.25, -0.2) is 4.79 Å². The molecule has 1 saturated heterocycles. The number of hydrogen-bond donors (Lipinski definition) is 0. The van der Waals surface area contributed by atoms with E-state index in [1.54, 1.807) is 48.5 Å². The molecule has 4 atom stereocenters. The molecule has 0 unspecified atom stereocenters. The Labute approximate surface area is 167 Å². The molecule has 5 nitrogen and oxygen atoms in total. The smallest absolute Gasteiger partial charge is 0.343 e. The second-order valence-electron chi connectivity index (χ2n) is 7.79. The molecule has 2 aromatic rings. The number of anilines is 1. The summed E-state index contributed by atoms with van der Waals surface area (Å²) in [4.78, 5) is 39.7. The van der Waals surface area contributed by atoms with Crippen LogP contribution < -0.4 is 9.64 Å². The van der Waals surface area contributed by atoms with Gasteiger partial charge in [-0.1, -0.05) is 17.7 Å². The summed E-state index contributed by atoms with van der Waals surface area (Å²) in [5, 5.41) is 0.548. The van der Waals surface area contributed by atoms with Crippen molar-refractivity contribution in [2.45, 2.75) is 19.3 Å². The van der Waals surface area contributed by atoms with Crippen molar-refractivity contribution in [3.05, 3.63) is 59.1 Å². The van der Waals surface area contributed by atoms with E-state index in [0.29, 0.717) is 28.3 Å². The van der Waals surface area contributed by atoms with Gasteiger partial charge in [0, 0.05) is 5.02 Å². The molecule has 0 N–H and O–H groups in total. The quantitative estimate of drug-likeness (QED) is 0.446. The maximum absolute atomic E-state index is 13.0. The van der Waals surface area contributed by atoms with Crippen LogP contribution >= 0.6 is 11.6 Å². The lowest BCUT2D eigenvalue weighted by atomic mass is 9.81. The second-order valence-corrected chi connectivity index (χ2v) is 8.23. The summed E-state index contributed by atoms with van der Waals surface area (Å²) in [5.41, 5.74) is 0.724. The summed E-state index contributed by atoms with van der Waals surface area (Å²) in [5.74, 6) is -0.130. The van der Waals surface area contributed by atoms with Gasteiger partial charge < -0.3 is 4.74 Å². The number of hydrogen-bond acceptors (Lipinski definition) is 4. The van der Waals surface area contributed by atoms with Crippen molar-refractivity contribution in [2.24, 2.45) is 23.7 Å². The normalized spacial score (nSPS) is 28.0. The van der Waals surface area contributed by atoms with Gasteiger partial charge in [0.15, 0.2) is 0 Å². The molecule has 0 spiro atoms. The van der Waals surface area contributed by atoms with Crippen LogP contribution in [0.5, 0.6) is 5.75 Å². The van der Waals surface area contributed by atoms with Gasteiger partial charge in [0.25, 0.3) is 0 Å². The van der Waals surface area contributed by atoms with E-state index in [4.69, 9.17) is 16.3 Å². The van der Waals surface area contributed by atoms with E-state index in [1.165, 1.54) is 4.90 Å². The van der Waals surface area contributed by atoms with Crippen molar-refractivity contribution in [2.75, 3.05) is 4.90 Å². The summed E-state index contributed by atoms with van der Waals surface area (Å²) >= 11 is 5.84. The zero-order valence-corrected chi connectivity index (χ0v) is 15.8. The Morgan fingerprint density at radius 2 is 1.61 bits per heavy atom. The molecule has 5 rings (SSSR count). The minimum absolute atomic E-state index is 0.120. The molecule has 1 heterocycles. The number of fused-ring (bicyclic) bond motifs is 5. The molecule has 3 fully saturated rings. The maximum atomic E-state index is 13.0. The van der Waals surface area contributed by atoms with Crippen LogP contribution in [0.1, 0.15) is 29.6 Å². The number of carbonyl (C=O) groups is 3.